The zero-order valence-corrected chi connectivity index (χ0v) is 66.0. The Bertz CT molecular complexity index is 6810. The molecule has 2 aliphatic rings. The minimum atomic E-state index is -0.273. The molecule has 20 rings (SSSR count). The number of ketones is 4. The lowest BCUT2D eigenvalue weighted by atomic mass is 9.84. The van der Waals surface area contributed by atoms with Crippen molar-refractivity contribution < 1.29 is 28.7 Å². The van der Waals surface area contributed by atoms with Crippen molar-refractivity contribution in [2.75, 3.05) is 19.6 Å². The first-order chi connectivity index (χ1) is 60.2. The highest BCUT2D eigenvalue weighted by atomic mass is 16.5. The van der Waals surface area contributed by atoms with E-state index in [1.807, 2.05) is 376 Å². The SMILES string of the molecule is O=C(c1ccccc1)c1cc(-c2ccc(N(c3ccccc3)c3ccccc3)cc2)c(C(=O)c2ccc(-c3cccc(C(=O)c4cc(-c5ccc(N6c7ccccc7Oc7ccccc76)cc5)c(C(=O)c5ccccc5)cc4-c4ccc(N5c6ccccc6Oc6ccccc65)cc4)c3)cc2)cc1-c1ccc(N(c2ccccc2)c2ccccc2)cc1. The predicted octanol–water partition coefficient (Wildman–Crippen LogP) is 29.0. The van der Waals surface area contributed by atoms with Crippen molar-refractivity contribution in [2.24, 2.45) is 0 Å². The monoisotopic (exact) mass is 1570 g/mol. The van der Waals surface area contributed by atoms with Crippen LogP contribution in [0.1, 0.15) is 63.7 Å². The average molecular weight is 1570 g/mol. The second kappa shape index (κ2) is 32.5. The van der Waals surface area contributed by atoms with E-state index in [2.05, 4.69) is 92.4 Å². The van der Waals surface area contributed by atoms with E-state index in [-0.39, 0.29) is 23.1 Å². The largest absolute Gasteiger partial charge is 0.453 e. The fourth-order valence-corrected chi connectivity index (χ4v) is 16.7. The van der Waals surface area contributed by atoms with E-state index < -0.39 is 0 Å². The Balaban J connectivity index is 0.697. The lowest BCUT2D eigenvalue weighted by Gasteiger charge is -2.33. The molecule has 122 heavy (non-hydrogen) atoms. The number of para-hydroxylation sites is 12. The van der Waals surface area contributed by atoms with Crippen LogP contribution in [0, 0.1) is 0 Å². The molecule has 0 atom stereocenters. The zero-order chi connectivity index (χ0) is 82.0. The molecule has 0 saturated heterocycles. The summed E-state index contributed by atoms with van der Waals surface area (Å²) < 4.78 is 12.8. The second-order valence-electron chi connectivity index (χ2n) is 30.0. The van der Waals surface area contributed by atoms with Gasteiger partial charge in [-0.05, 0) is 232 Å². The summed E-state index contributed by atoms with van der Waals surface area (Å²) in [5.41, 5.74) is 21.1. The van der Waals surface area contributed by atoms with Crippen molar-refractivity contribution in [3.8, 4) is 78.6 Å². The van der Waals surface area contributed by atoms with Crippen molar-refractivity contribution in [1.82, 2.24) is 0 Å². The van der Waals surface area contributed by atoms with E-state index in [1.54, 1.807) is 0 Å². The van der Waals surface area contributed by atoms with E-state index in [4.69, 9.17) is 9.47 Å². The summed E-state index contributed by atoms with van der Waals surface area (Å²) in [7, 11) is 0. The maximum atomic E-state index is 16.3. The molecule has 2 aliphatic heterocycles. The Hall–Kier alpha value is -16.6. The van der Waals surface area contributed by atoms with Gasteiger partial charge in [-0.3, -0.25) is 19.2 Å². The van der Waals surface area contributed by atoms with Gasteiger partial charge in [0.1, 0.15) is 0 Å². The topological polar surface area (TPSA) is 99.7 Å². The molecular weight excluding hydrogens is 1500 g/mol. The molecule has 18 aromatic rings. The van der Waals surface area contributed by atoms with E-state index in [0.717, 1.165) is 108 Å². The molecule has 0 amide bonds. The van der Waals surface area contributed by atoms with Crippen molar-refractivity contribution in [3.63, 3.8) is 0 Å². The Kier molecular flexibility index (Phi) is 19.8. The molecule has 0 aromatic heterocycles. The molecule has 0 bridgehead atoms. The minimum Gasteiger partial charge on any atom is -0.453 e. The van der Waals surface area contributed by atoms with Crippen molar-refractivity contribution in [1.29, 1.82) is 0 Å². The number of rotatable bonds is 21. The summed E-state index contributed by atoms with van der Waals surface area (Å²) in [6, 6.07) is 146. The highest BCUT2D eigenvalue weighted by molar-refractivity contribution is 6.20. The van der Waals surface area contributed by atoms with E-state index >= 15 is 19.2 Å². The maximum absolute atomic E-state index is 16.3. The molecule has 0 fully saturated rings. The molecule has 10 heteroatoms. The number of ether oxygens (including phenoxy) is 2. The number of hydrogen-bond donors (Lipinski definition) is 0. The van der Waals surface area contributed by atoms with Gasteiger partial charge < -0.3 is 29.1 Å². The fraction of sp³-hybridized carbons (Fsp3) is 0. The zero-order valence-electron chi connectivity index (χ0n) is 66.0. The number of anilines is 12. The highest BCUT2D eigenvalue weighted by Crippen LogP contribution is 2.53. The summed E-state index contributed by atoms with van der Waals surface area (Å²) in [6.07, 6.45) is 0. The van der Waals surface area contributed by atoms with Gasteiger partial charge in [0.2, 0.25) is 0 Å². The van der Waals surface area contributed by atoms with Crippen LogP contribution in [0.25, 0.3) is 55.6 Å². The summed E-state index contributed by atoms with van der Waals surface area (Å²) in [6.45, 7) is 0. The standard InChI is InChI=1S/C112H74N4O6/c117-109(80-28-7-1-8-29-80)97-71-94(77-56-64-90(65-57-77)114(87-38-15-5-16-39-87)88-40-17-6-18-41-88)99(72-93(97)76-54-62-89(63-55-76)113(85-34-11-3-12-35-85)86-36-13-4-14-37-86)111(119)82-52-50-75(51-53-82)83-32-27-33-84(70-83)112(120)100-74-95(78-58-66-91(67-59-78)115-101-42-19-23-46-105(101)121-106-47-24-20-43-102(106)115)98(110(118)81-30-9-2-10-31-81)73-96(100)79-60-68-92(69-61-79)116-103-44-21-25-48-107(103)122-108-49-26-22-45-104(108)116/h1-74H. The van der Waals surface area contributed by atoms with Crippen LogP contribution in [0.5, 0.6) is 23.0 Å². The normalized spacial score (nSPS) is 11.7. The molecule has 0 radical (unpaired) electrons. The maximum Gasteiger partial charge on any atom is 0.193 e. The van der Waals surface area contributed by atoms with Gasteiger partial charge >= 0.3 is 0 Å². The first-order valence-corrected chi connectivity index (χ1v) is 40.6. The Morgan fingerprint density at radius 2 is 0.426 bits per heavy atom. The summed E-state index contributed by atoms with van der Waals surface area (Å²) in [5, 5.41) is 0. The van der Waals surface area contributed by atoms with E-state index in [0.29, 0.717) is 83.8 Å². The number of benzene rings is 18. The Morgan fingerprint density at radius 3 is 0.738 bits per heavy atom. The Morgan fingerprint density at radius 1 is 0.189 bits per heavy atom. The number of fused-ring (bicyclic) bond motifs is 4. The lowest BCUT2D eigenvalue weighted by molar-refractivity contribution is 0.102. The van der Waals surface area contributed by atoms with E-state index in [9.17, 15) is 0 Å². The molecule has 0 saturated carbocycles. The van der Waals surface area contributed by atoms with Gasteiger partial charge in [0, 0.05) is 90.0 Å². The third kappa shape index (κ3) is 14.3. The Labute approximate surface area is 707 Å². The number of carbonyl (C=O) groups excluding carboxylic acids is 4. The molecule has 18 aromatic carbocycles. The third-order valence-corrected chi connectivity index (χ3v) is 22.6. The summed E-state index contributed by atoms with van der Waals surface area (Å²) in [4.78, 5) is 72.1. The van der Waals surface area contributed by atoms with Crippen LogP contribution >= 0.6 is 0 Å². The number of hydrogen-bond acceptors (Lipinski definition) is 10. The van der Waals surface area contributed by atoms with Crippen LogP contribution in [0.4, 0.5) is 68.2 Å². The van der Waals surface area contributed by atoms with Gasteiger partial charge in [-0.25, -0.2) is 0 Å². The molecule has 0 aliphatic carbocycles. The average Bonchev–Trinajstić information content (AvgIpc) is 0.758. The predicted molar refractivity (Wildman–Crippen MR) is 492 cm³/mol. The van der Waals surface area contributed by atoms with Gasteiger partial charge in [-0.15, -0.1) is 0 Å². The molecule has 2 heterocycles. The summed E-state index contributed by atoms with van der Waals surface area (Å²) >= 11 is 0. The lowest BCUT2D eigenvalue weighted by Crippen LogP contribution is -2.15. The molecule has 0 unspecified atom stereocenters. The van der Waals surface area contributed by atoms with Gasteiger partial charge in [0.05, 0.1) is 22.7 Å². The first kappa shape index (κ1) is 74.3. The molecule has 0 N–H and O–H groups in total. The number of nitrogens with zero attached hydrogens (tertiary/aromatic N) is 4. The van der Waals surface area contributed by atoms with Crippen molar-refractivity contribution in [3.05, 3.63) is 493 Å². The molecule has 10 nitrogen and oxygen atoms in total. The second-order valence-corrected chi connectivity index (χ2v) is 30.0. The van der Waals surface area contributed by atoms with Crippen LogP contribution < -0.4 is 29.1 Å². The third-order valence-electron chi connectivity index (χ3n) is 22.6. The van der Waals surface area contributed by atoms with Crippen LogP contribution in [-0.2, 0) is 0 Å². The highest BCUT2D eigenvalue weighted by Gasteiger charge is 2.31. The van der Waals surface area contributed by atoms with Crippen LogP contribution in [-0.4, -0.2) is 23.1 Å². The van der Waals surface area contributed by atoms with E-state index in [1.165, 1.54) is 0 Å². The van der Waals surface area contributed by atoms with Crippen LogP contribution in [0.2, 0.25) is 0 Å². The van der Waals surface area contributed by atoms with Gasteiger partial charge in [-0.1, -0.05) is 273 Å². The van der Waals surface area contributed by atoms with Crippen LogP contribution in [0.15, 0.2) is 449 Å². The van der Waals surface area contributed by atoms with Crippen LogP contribution in [0.3, 0.4) is 0 Å². The van der Waals surface area contributed by atoms with Gasteiger partial charge in [0.25, 0.3) is 0 Å². The first-order valence-electron chi connectivity index (χ1n) is 40.6. The van der Waals surface area contributed by atoms with Gasteiger partial charge in [-0.2, -0.15) is 0 Å². The minimum absolute atomic E-state index is 0.196. The van der Waals surface area contributed by atoms with Gasteiger partial charge in [0.15, 0.2) is 46.1 Å². The fourth-order valence-electron chi connectivity index (χ4n) is 16.7. The molecule has 578 valence electrons. The summed E-state index contributed by atoms with van der Waals surface area (Å²) in [5.74, 6) is 1.93. The smallest absolute Gasteiger partial charge is 0.193 e. The molecular formula is C112H74N4O6. The quantitative estimate of drug-likeness (QED) is 0.0647. The molecule has 0 spiro atoms. The van der Waals surface area contributed by atoms with Crippen molar-refractivity contribution in [2.45, 2.75) is 0 Å². The van der Waals surface area contributed by atoms with Crippen molar-refractivity contribution >= 4 is 91.4 Å². The number of carbonyl (C=O) groups is 4.